The molecule has 0 unspecified atom stereocenters. The van der Waals surface area contributed by atoms with Crippen molar-refractivity contribution in [2.24, 2.45) is 0 Å². The first-order valence-corrected chi connectivity index (χ1v) is 6.40. The van der Waals surface area contributed by atoms with Gasteiger partial charge in [-0.25, -0.2) is 0 Å². The summed E-state index contributed by atoms with van der Waals surface area (Å²) in [5.41, 5.74) is 0. The lowest BCUT2D eigenvalue weighted by atomic mass is 10.2. The summed E-state index contributed by atoms with van der Waals surface area (Å²) >= 11 is 0. The van der Waals surface area contributed by atoms with Gasteiger partial charge in [0.25, 0.3) is 0 Å². The molecule has 0 aromatic rings. The second kappa shape index (κ2) is 7.89. The van der Waals surface area contributed by atoms with E-state index in [2.05, 4.69) is 36.2 Å². The molecule has 1 N–H and O–H groups in total. The molecule has 0 bridgehead atoms. The average molecular weight is 210 g/mol. The zero-order valence-corrected chi connectivity index (χ0v) is 10.3. The van der Waals surface area contributed by atoms with Gasteiger partial charge in [-0.1, -0.05) is 32.4 Å². The summed E-state index contributed by atoms with van der Waals surface area (Å²) in [6, 6.07) is 0.636. The summed E-state index contributed by atoms with van der Waals surface area (Å²) < 4.78 is 0. The SMILES string of the molecule is CC(C)NCCCCCN1CC=CCC1. The minimum Gasteiger partial charge on any atom is -0.315 e. The maximum absolute atomic E-state index is 3.46. The molecule has 2 nitrogen and oxygen atoms in total. The molecule has 0 amide bonds. The van der Waals surface area contributed by atoms with E-state index in [1.54, 1.807) is 0 Å². The molecular weight excluding hydrogens is 184 g/mol. The van der Waals surface area contributed by atoms with Gasteiger partial charge in [0.2, 0.25) is 0 Å². The van der Waals surface area contributed by atoms with Gasteiger partial charge in [-0.2, -0.15) is 0 Å². The van der Waals surface area contributed by atoms with Crippen molar-refractivity contribution in [3.63, 3.8) is 0 Å². The van der Waals surface area contributed by atoms with Gasteiger partial charge in [0.1, 0.15) is 0 Å². The van der Waals surface area contributed by atoms with Gasteiger partial charge < -0.3 is 5.32 Å². The first-order valence-electron chi connectivity index (χ1n) is 6.40. The lowest BCUT2D eigenvalue weighted by Crippen LogP contribution is -2.28. The summed E-state index contributed by atoms with van der Waals surface area (Å²) in [5, 5.41) is 3.46. The molecule has 15 heavy (non-hydrogen) atoms. The molecule has 0 fully saturated rings. The van der Waals surface area contributed by atoms with E-state index in [1.807, 2.05) is 0 Å². The second-order valence-corrected chi connectivity index (χ2v) is 4.73. The van der Waals surface area contributed by atoms with E-state index < -0.39 is 0 Å². The molecule has 0 atom stereocenters. The third-order valence-electron chi connectivity index (χ3n) is 2.85. The van der Waals surface area contributed by atoms with Crippen LogP contribution < -0.4 is 5.32 Å². The number of unbranched alkanes of at least 4 members (excludes halogenated alkanes) is 2. The zero-order chi connectivity index (χ0) is 10.9. The summed E-state index contributed by atoms with van der Waals surface area (Å²) in [4.78, 5) is 2.55. The molecule has 0 radical (unpaired) electrons. The predicted molar refractivity (Wildman–Crippen MR) is 67.2 cm³/mol. The van der Waals surface area contributed by atoms with Gasteiger partial charge in [-0.3, -0.25) is 4.90 Å². The molecule has 2 heteroatoms. The smallest absolute Gasteiger partial charge is 0.0163 e. The van der Waals surface area contributed by atoms with Crippen molar-refractivity contribution in [3.05, 3.63) is 12.2 Å². The highest BCUT2D eigenvalue weighted by Crippen LogP contribution is 2.04. The molecule has 0 aromatic carbocycles. The van der Waals surface area contributed by atoms with Gasteiger partial charge in [0, 0.05) is 19.1 Å². The van der Waals surface area contributed by atoms with Gasteiger partial charge >= 0.3 is 0 Å². The molecule has 1 rings (SSSR count). The van der Waals surface area contributed by atoms with Crippen molar-refractivity contribution in [2.45, 2.75) is 45.6 Å². The largest absolute Gasteiger partial charge is 0.315 e. The van der Waals surface area contributed by atoms with Crippen LogP contribution in [0.2, 0.25) is 0 Å². The molecule has 0 aromatic heterocycles. The predicted octanol–water partition coefficient (Wildman–Crippen LogP) is 2.42. The Kier molecular flexibility index (Phi) is 6.69. The quantitative estimate of drug-likeness (QED) is 0.513. The van der Waals surface area contributed by atoms with Crippen LogP contribution in [0.5, 0.6) is 0 Å². The Morgan fingerprint density at radius 3 is 2.73 bits per heavy atom. The van der Waals surface area contributed by atoms with Crippen LogP contribution in [0.4, 0.5) is 0 Å². The first kappa shape index (κ1) is 12.7. The lowest BCUT2D eigenvalue weighted by Gasteiger charge is -2.22. The van der Waals surface area contributed by atoms with Crippen molar-refractivity contribution >= 4 is 0 Å². The highest BCUT2D eigenvalue weighted by atomic mass is 15.1. The van der Waals surface area contributed by atoms with Gasteiger partial charge in [0.15, 0.2) is 0 Å². The molecular formula is C13H26N2. The average Bonchev–Trinajstić information content (AvgIpc) is 2.24. The standard InChI is InChI=1S/C13H26N2/c1-13(2)14-9-5-3-6-10-15-11-7-4-8-12-15/h4,7,13-14H,3,5-6,8-12H2,1-2H3. The Balaban J connectivity index is 1.86. The number of hydrogen-bond donors (Lipinski definition) is 1. The third-order valence-corrected chi connectivity index (χ3v) is 2.85. The fourth-order valence-corrected chi connectivity index (χ4v) is 1.92. The highest BCUT2D eigenvalue weighted by Gasteiger charge is 2.04. The fraction of sp³-hybridized carbons (Fsp3) is 0.846. The number of nitrogens with zero attached hydrogens (tertiary/aromatic N) is 1. The Bertz CT molecular complexity index is 175. The van der Waals surface area contributed by atoms with Crippen LogP contribution in [-0.2, 0) is 0 Å². The van der Waals surface area contributed by atoms with Crippen LogP contribution in [0, 0.1) is 0 Å². The van der Waals surface area contributed by atoms with Crippen LogP contribution >= 0.6 is 0 Å². The molecule has 88 valence electrons. The van der Waals surface area contributed by atoms with Crippen molar-refractivity contribution in [3.8, 4) is 0 Å². The topological polar surface area (TPSA) is 15.3 Å². The van der Waals surface area contributed by atoms with Crippen LogP contribution in [0.3, 0.4) is 0 Å². The molecule has 0 saturated heterocycles. The number of hydrogen-bond acceptors (Lipinski definition) is 2. The number of rotatable bonds is 7. The van der Waals surface area contributed by atoms with E-state index in [0.29, 0.717) is 6.04 Å². The molecule has 0 aliphatic carbocycles. The van der Waals surface area contributed by atoms with E-state index in [0.717, 1.165) is 0 Å². The maximum atomic E-state index is 3.46. The first-order chi connectivity index (χ1) is 7.29. The van der Waals surface area contributed by atoms with Crippen LogP contribution in [0.15, 0.2) is 12.2 Å². The van der Waals surface area contributed by atoms with Crippen molar-refractivity contribution < 1.29 is 0 Å². The minimum absolute atomic E-state index is 0.636. The zero-order valence-electron chi connectivity index (χ0n) is 10.3. The van der Waals surface area contributed by atoms with Crippen LogP contribution in [0.25, 0.3) is 0 Å². The van der Waals surface area contributed by atoms with E-state index in [4.69, 9.17) is 0 Å². The van der Waals surface area contributed by atoms with E-state index in [1.165, 1.54) is 51.9 Å². The molecule has 1 aliphatic rings. The molecule has 0 saturated carbocycles. The van der Waals surface area contributed by atoms with Crippen LogP contribution in [-0.4, -0.2) is 37.1 Å². The Morgan fingerprint density at radius 1 is 1.20 bits per heavy atom. The van der Waals surface area contributed by atoms with Crippen molar-refractivity contribution in [1.29, 1.82) is 0 Å². The Hall–Kier alpha value is -0.340. The molecule has 1 aliphatic heterocycles. The Morgan fingerprint density at radius 2 is 2.07 bits per heavy atom. The third kappa shape index (κ3) is 6.69. The van der Waals surface area contributed by atoms with Gasteiger partial charge in [0.05, 0.1) is 0 Å². The van der Waals surface area contributed by atoms with Crippen molar-refractivity contribution in [2.75, 3.05) is 26.2 Å². The van der Waals surface area contributed by atoms with E-state index in [-0.39, 0.29) is 0 Å². The second-order valence-electron chi connectivity index (χ2n) is 4.73. The normalized spacial score (nSPS) is 17.5. The summed E-state index contributed by atoms with van der Waals surface area (Å²) in [6.45, 7) is 9.31. The summed E-state index contributed by atoms with van der Waals surface area (Å²) in [7, 11) is 0. The molecule has 1 heterocycles. The van der Waals surface area contributed by atoms with E-state index >= 15 is 0 Å². The summed E-state index contributed by atoms with van der Waals surface area (Å²) in [5.74, 6) is 0. The molecule has 0 spiro atoms. The minimum atomic E-state index is 0.636. The van der Waals surface area contributed by atoms with Crippen molar-refractivity contribution in [1.82, 2.24) is 10.2 Å². The fourth-order valence-electron chi connectivity index (χ4n) is 1.92. The summed E-state index contributed by atoms with van der Waals surface area (Å²) in [6.07, 6.45) is 9.87. The maximum Gasteiger partial charge on any atom is 0.0163 e. The Labute approximate surface area is 94.7 Å². The van der Waals surface area contributed by atoms with Crippen LogP contribution in [0.1, 0.15) is 39.5 Å². The lowest BCUT2D eigenvalue weighted by molar-refractivity contribution is 0.290. The number of nitrogens with one attached hydrogen (secondary N) is 1. The van der Waals surface area contributed by atoms with Gasteiger partial charge in [-0.05, 0) is 32.4 Å². The monoisotopic (exact) mass is 210 g/mol. The highest BCUT2D eigenvalue weighted by molar-refractivity contribution is 4.90. The van der Waals surface area contributed by atoms with E-state index in [9.17, 15) is 0 Å². The van der Waals surface area contributed by atoms with Gasteiger partial charge in [-0.15, -0.1) is 0 Å².